The molecule has 15 N–H and O–H groups in total. The first kappa shape index (κ1) is 33.3. The van der Waals surface area contributed by atoms with Gasteiger partial charge in [-0.15, -0.1) is 0 Å². The lowest BCUT2D eigenvalue weighted by Crippen LogP contribution is -2.65. The first-order valence-corrected chi connectivity index (χ1v) is 14.4. The molecule has 0 spiro atoms. The smallest absolute Gasteiger partial charge is 0.187 e. The van der Waals surface area contributed by atoms with Gasteiger partial charge in [-0.25, -0.2) is 0 Å². The van der Waals surface area contributed by atoms with Gasteiger partial charge in [-0.05, 0) is 26.2 Å². The fraction of sp³-hybridized carbons (Fsp3) is 1.00. The van der Waals surface area contributed by atoms with Gasteiger partial charge in [0.1, 0.15) is 42.7 Å². The van der Waals surface area contributed by atoms with E-state index < -0.39 is 104 Å². The fourth-order valence-electron chi connectivity index (χ4n) is 5.98. The quantitative estimate of drug-likeness (QED) is 0.119. The van der Waals surface area contributed by atoms with E-state index in [4.69, 9.17) is 57.1 Å². The van der Waals surface area contributed by atoms with Crippen molar-refractivity contribution in [3.8, 4) is 0 Å². The van der Waals surface area contributed by atoms with Gasteiger partial charge < -0.3 is 82.6 Å². The van der Waals surface area contributed by atoms with Crippen LogP contribution in [0.4, 0.5) is 0 Å². The minimum Gasteiger partial charge on any atom is -0.394 e. The van der Waals surface area contributed by atoms with E-state index >= 15 is 0 Å². The Labute approximate surface area is 239 Å². The number of nitrogens with two attached hydrogens (primary N) is 5. The summed E-state index contributed by atoms with van der Waals surface area (Å²) in [5.74, 6) is -0.701. The summed E-state index contributed by atoms with van der Waals surface area (Å²) in [4.78, 5) is 0. The Hall–Kier alpha value is -0.640. The van der Waals surface area contributed by atoms with Crippen LogP contribution in [0.5, 0.6) is 0 Å². The van der Waals surface area contributed by atoms with Crippen molar-refractivity contribution in [1.82, 2.24) is 0 Å². The second-order valence-corrected chi connectivity index (χ2v) is 11.8. The predicted octanol–water partition coefficient (Wildman–Crippen LogP) is -5.14. The zero-order valence-corrected chi connectivity index (χ0v) is 23.5. The van der Waals surface area contributed by atoms with E-state index in [1.54, 1.807) is 6.92 Å². The Balaban J connectivity index is 1.48. The van der Waals surface area contributed by atoms with E-state index in [1.165, 1.54) is 0 Å². The van der Waals surface area contributed by atoms with Gasteiger partial charge >= 0.3 is 0 Å². The maximum Gasteiger partial charge on any atom is 0.187 e. The van der Waals surface area contributed by atoms with Crippen LogP contribution in [0.2, 0.25) is 0 Å². The third-order valence-electron chi connectivity index (χ3n) is 8.68. The highest BCUT2D eigenvalue weighted by molar-refractivity contribution is 5.01. The SMILES string of the molecule is C[C@H]1[C@@H](O[C@H]2[C@@H](O)[C@H](O[C@@H]3[C@@H](O)[C@H](N)C[C@H](N)[C@H]3O[C@H]3O[C@H]([C@H](C)N)CC[C@H]3N)O[C@@H]2CO)O[C@@H](CN)[C@@H](O)[C@@H]1O. The van der Waals surface area contributed by atoms with E-state index in [0.29, 0.717) is 12.8 Å². The number of aliphatic hydroxyl groups is 5. The number of ether oxygens (including phenoxy) is 6. The molecule has 3 saturated heterocycles. The molecule has 0 aromatic rings. The van der Waals surface area contributed by atoms with Gasteiger partial charge in [-0.1, -0.05) is 6.92 Å². The molecule has 4 fully saturated rings. The average molecular weight is 596 g/mol. The maximum absolute atomic E-state index is 11.2. The van der Waals surface area contributed by atoms with Crippen molar-refractivity contribution < 1.29 is 54.0 Å². The molecule has 0 amide bonds. The van der Waals surface area contributed by atoms with E-state index in [2.05, 4.69) is 0 Å². The highest BCUT2D eigenvalue weighted by Crippen LogP contribution is 2.35. The van der Waals surface area contributed by atoms with Crippen molar-refractivity contribution in [3.63, 3.8) is 0 Å². The minimum absolute atomic E-state index is 0.0789. The van der Waals surface area contributed by atoms with Crippen LogP contribution in [-0.4, -0.2) is 143 Å². The summed E-state index contributed by atoms with van der Waals surface area (Å²) in [5, 5.41) is 52.8. The van der Waals surface area contributed by atoms with E-state index in [0.717, 1.165) is 0 Å². The summed E-state index contributed by atoms with van der Waals surface area (Å²) < 4.78 is 35.7. The molecule has 4 rings (SSSR count). The largest absolute Gasteiger partial charge is 0.394 e. The van der Waals surface area contributed by atoms with Gasteiger partial charge in [-0.3, -0.25) is 0 Å². The van der Waals surface area contributed by atoms with Gasteiger partial charge in [0.15, 0.2) is 18.9 Å². The summed E-state index contributed by atoms with van der Waals surface area (Å²) in [6.45, 7) is 2.80. The van der Waals surface area contributed by atoms with Gasteiger partial charge in [0.25, 0.3) is 0 Å². The lowest BCUT2D eigenvalue weighted by Gasteiger charge is -2.46. The average Bonchev–Trinajstić information content (AvgIpc) is 3.23. The summed E-state index contributed by atoms with van der Waals surface area (Å²) in [6.07, 6.45) is -12.5. The number of aliphatic hydroxyl groups excluding tert-OH is 5. The van der Waals surface area contributed by atoms with Crippen molar-refractivity contribution in [3.05, 3.63) is 0 Å². The molecule has 0 bridgehead atoms. The van der Waals surface area contributed by atoms with Crippen molar-refractivity contribution in [2.24, 2.45) is 34.6 Å². The number of hydrogen-bond donors (Lipinski definition) is 10. The molecule has 3 heterocycles. The Morgan fingerprint density at radius 1 is 0.732 bits per heavy atom. The molecule has 0 radical (unpaired) electrons. The summed E-state index contributed by atoms with van der Waals surface area (Å²) >= 11 is 0. The normalized spacial score (nSPS) is 52.0. The molecule has 0 unspecified atom stereocenters. The summed E-state index contributed by atoms with van der Waals surface area (Å²) in [5.41, 5.74) is 30.5. The lowest BCUT2D eigenvalue weighted by molar-refractivity contribution is -0.297. The molecule has 41 heavy (non-hydrogen) atoms. The zero-order chi connectivity index (χ0) is 30.2. The lowest BCUT2D eigenvalue weighted by atomic mass is 9.84. The molecule has 0 aromatic carbocycles. The maximum atomic E-state index is 11.2. The molecule has 1 aliphatic carbocycles. The van der Waals surface area contributed by atoms with Crippen LogP contribution in [0, 0.1) is 5.92 Å². The first-order valence-electron chi connectivity index (χ1n) is 14.4. The van der Waals surface area contributed by atoms with E-state index in [9.17, 15) is 25.5 Å². The highest BCUT2D eigenvalue weighted by Gasteiger charge is 2.53. The van der Waals surface area contributed by atoms with Crippen LogP contribution in [0.1, 0.15) is 33.1 Å². The molecule has 240 valence electrons. The molecule has 0 aromatic heterocycles. The van der Waals surface area contributed by atoms with Crippen molar-refractivity contribution in [1.29, 1.82) is 0 Å². The van der Waals surface area contributed by atoms with E-state index in [-0.39, 0.29) is 25.1 Å². The van der Waals surface area contributed by atoms with Crippen LogP contribution in [-0.2, 0) is 28.4 Å². The van der Waals surface area contributed by atoms with Gasteiger partial charge in [0, 0.05) is 30.6 Å². The van der Waals surface area contributed by atoms with Crippen molar-refractivity contribution in [2.75, 3.05) is 13.2 Å². The van der Waals surface area contributed by atoms with Crippen LogP contribution < -0.4 is 28.7 Å². The molecule has 4 aliphatic rings. The second-order valence-electron chi connectivity index (χ2n) is 11.8. The second kappa shape index (κ2) is 14.0. The Bertz CT molecular complexity index is 833. The van der Waals surface area contributed by atoms with Crippen LogP contribution in [0.3, 0.4) is 0 Å². The highest BCUT2D eigenvalue weighted by atomic mass is 16.8. The van der Waals surface area contributed by atoms with Crippen molar-refractivity contribution in [2.45, 2.75) is 137 Å². The summed E-state index contributed by atoms with van der Waals surface area (Å²) in [7, 11) is 0. The fourth-order valence-corrected chi connectivity index (χ4v) is 5.98. The molecule has 18 atom stereocenters. The Morgan fingerprint density at radius 2 is 1.37 bits per heavy atom. The summed E-state index contributed by atoms with van der Waals surface area (Å²) in [6, 6.07) is -2.17. The van der Waals surface area contributed by atoms with Crippen LogP contribution in [0.15, 0.2) is 0 Å². The van der Waals surface area contributed by atoms with E-state index in [1.807, 2.05) is 6.92 Å². The third kappa shape index (κ3) is 7.04. The zero-order valence-electron chi connectivity index (χ0n) is 23.5. The third-order valence-corrected chi connectivity index (χ3v) is 8.68. The molecular weight excluding hydrogens is 546 g/mol. The van der Waals surface area contributed by atoms with Crippen molar-refractivity contribution >= 4 is 0 Å². The standard InChI is InChI=1S/C25H49N5O11/c1-8-16(32)18(34)14(6-26)37-23(8)40-21-15(7-31)38-25(19(21)35)41-22-17(33)11(29)5-12(30)20(22)39-24-10(28)3-4-13(36-24)9(2)27/h8-25,31-35H,3-7,26-30H2,1-2H3/t8-,9+,10-,11-,12+,13+,14+,15-,16-,17+,18-,19-,20-,21-,22-,23-,24-,25+/m1/s1. The molecular formula is C25H49N5O11. The van der Waals surface area contributed by atoms with Gasteiger partial charge in [0.2, 0.25) is 0 Å². The topological polar surface area (TPSA) is 287 Å². The molecule has 3 aliphatic heterocycles. The molecule has 1 saturated carbocycles. The molecule has 16 heteroatoms. The Morgan fingerprint density at radius 3 is 2.00 bits per heavy atom. The number of hydrogen-bond acceptors (Lipinski definition) is 16. The monoisotopic (exact) mass is 595 g/mol. The number of rotatable bonds is 9. The van der Waals surface area contributed by atoms with Crippen LogP contribution in [0.25, 0.3) is 0 Å². The predicted molar refractivity (Wildman–Crippen MR) is 141 cm³/mol. The Kier molecular flexibility index (Phi) is 11.3. The van der Waals surface area contributed by atoms with Gasteiger partial charge in [-0.2, -0.15) is 0 Å². The van der Waals surface area contributed by atoms with Gasteiger partial charge in [0.05, 0.1) is 31.0 Å². The minimum atomic E-state index is -1.47. The first-order chi connectivity index (χ1) is 19.4. The van der Waals surface area contributed by atoms with Crippen LogP contribution >= 0.6 is 0 Å². The molecule has 16 nitrogen and oxygen atoms in total.